The molecule has 1 aliphatic heterocycles. The molecule has 0 aromatic carbocycles. The summed E-state index contributed by atoms with van der Waals surface area (Å²) in [6, 6.07) is 1.50. The molecule has 1 N–H and O–H groups in total. The van der Waals surface area contributed by atoms with Crippen LogP contribution in [0.2, 0.25) is 0 Å². The number of carbonyl (C=O) groups excluding carboxylic acids is 1. The van der Waals surface area contributed by atoms with Crippen LogP contribution in [0, 0.1) is 5.92 Å². The van der Waals surface area contributed by atoms with Gasteiger partial charge in [0, 0.05) is 49.7 Å². The largest absolute Gasteiger partial charge is 0.381 e. The number of H-pyrrole nitrogens is 1. The number of hydrogen-bond donors (Lipinski definition) is 1. The summed E-state index contributed by atoms with van der Waals surface area (Å²) in [5.41, 5.74) is 0.474. The second-order valence-corrected chi connectivity index (χ2v) is 8.57. The third-order valence-corrected chi connectivity index (χ3v) is 6.71. The van der Waals surface area contributed by atoms with E-state index >= 15 is 0 Å². The van der Waals surface area contributed by atoms with Crippen molar-refractivity contribution >= 4 is 17.2 Å². The van der Waals surface area contributed by atoms with Gasteiger partial charge in [-0.15, -0.1) is 11.3 Å². The third-order valence-electron chi connectivity index (χ3n) is 5.91. The summed E-state index contributed by atoms with van der Waals surface area (Å²) in [6.07, 6.45) is 7.46. The lowest BCUT2D eigenvalue weighted by molar-refractivity contribution is -0.139. The van der Waals surface area contributed by atoms with Crippen molar-refractivity contribution in [2.45, 2.75) is 50.5 Å². The van der Waals surface area contributed by atoms with Gasteiger partial charge in [-0.25, -0.2) is 9.97 Å². The Balaban J connectivity index is 1.40. The van der Waals surface area contributed by atoms with Gasteiger partial charge in [0.05, 0.1) is 6.10 Å². The van der Waals surface area contributed by atoms with E-state index in [-0.39, 0.29) is 29.4 Å². The third kappa shape index (κ3) is 4.17. The Bertz CT molecular complexity index is 859. The highest BCUT2D eigenvalue weighted by molar-refractivity contribution is 7.13. The smallest absolute Gasteiger partial charge is 0.251 e. The fourth-order valence-corrected chi connectivity index (χ4v) is 4.94. The highest BCUT2D eigenvalue weighted by atomic mass is 32.1. The number of nitrogens with zero attached hydrogens (tertiary/aromatic N) is 3. The zero-order valence-corrected chi connectivity index (χ0v) is 16.9. The van der Waals surface area contributed by atoms with Gasteiger partial charge in [-0.05, 0) is 32.1 Å². The average molecular weight is 403 g/mol. The van der Waals surface area contributed by atoms with Crippen LogP contribution < -0.4 is 5.56 Å². The predicted molar refractivity (Wildman–Crippen MR) is 107 cm³/mol. The van der Waals surface area contributed by atoms with Crippen molar-refractivity contribution in [3.05, 3.63) is 33.8 Å². The zero-order chi connectivity index (χ0) is 19.5. The molecule has 1 saturated carbocycles. The number of hydrogen-bond acceptors (Lipinski definition) is 6. The quantitative estimate of drug-likeness (QED) is 0.850. The molecule has 2 aromatic rings. The first-order chi connectivity index (χ1) is 13.6. The average Bonchev–Trinajstić information content (AvgIpc) is 3.28. The molecule has 150 valence electrons. The van der Waals surface area contributed by atoms with Gasteiger partial charge in [0.25, 0.3) is 5.56 Å². The van der Waals surface area contributed by atoms with Gasteiger partial charge in [0.1, 0.15) is 16.5 Å². The maximum Gasteiger partial charge on any atom is 0.251 e. The molecule has 0 radical (unpaired) electrons. The van der Waals surface area contributed by atoms with Gasteiger partial charge < -0.3 is 14.6 Å². The highest BCUT2D eigenvalue weighted by Crippen LogP contribution is 2.31. The molecular weight excluding hydrogens is 376 g/mol. The Morgan fingerprint density at radius 3 is 2.82 bits per heavy atom. The maximum atomic E-state index is 12.9. The van der Waals surface area contributed by atoms with E-state index in [9.17, 15) is 9.59 Å². The first-order valence-electron chi connectivity index (χ1n) is 9.96. The van der Waals surface area contributed by atoms with Gasteiger partial charge in [-0.3, -0.25) is 9.59 Å². The normalized spacial score (nSPS) is 23.7. The van der Waals surface area contributed by atoms with Gasteiger partial charge in [0.15, 0.2) is 0 Å². The molecule has 0 bridgehead atoms. The van der Waals surface area contributed by atoms with Crippen molar-refractivity contribution < 1.29 is 9.53 Å². The molecule has 3 heterocycles. The van der Waals surface area contributed by atoms with E-state index in [0.717, 1.165) is 43.5 Å². The van der Waals surface area contributed by atoms with Crippen LogP contribution >= 0.6 is 11.3 Å². The Kier molecular flexibility index (Phi) is 5.87. The summed E-state index contributed by atoms with van der Waals surface area (Å²) in [7, 11) is 1.73. The highest BCUT2D eigenvalue weighted by Gasteiger charge is 2.33. The number of methoxy groups -OCH3 is 1. The Morgan fingerprint density at radius 1 is 1.29 bits per heavy atom. The molecule has 0 unspecified atom stereocenters. The lowest BCUT2D eigenvalue weighted by Gasteiger charge is -2.36. The Morgan fingerprint density at radius 2 is 2.11 bits per heavy atom. The zero-order valence-electron chi connectivity index (χ0n) is 16.1. The number of aromatic nitrogens is 3. The van der Waals surface area contributed by atoms with Crippen molar-refractivity contribution in [3.63, 3.8) is 0 Å². The van der Waals surface area contributed by atoms with E-state index < -0.39 is 0 Å². The number of likely N-dealkylation sites (tertiary alicyclic amines) is 1. The molecule has 2 aromatic heterocycles. The van der Waals surface area contributed by atoms with E-state index in [1.165, 1.54) is 17.4 Å². The minimum atomic E-state index is -0.151. The standard InChI is InChI=1S/C20H26N4O3S/c1-27-15-4-2-3-14(11-15)20(26)24-8-5-13(6-9-24)18-22-16(12-17(25)23-18)19-21-7-10-28-19/h7,10,12-15H,2-6,8-9,11H2,1H3,(H,22,23,25)/t14-,15+/m0/s1. The van der Waals surface area contributed by atoms with E-state index in [4.69, 9.17) is 4.74 Å². The van der Waals surface area contributed by atoms with Gasteiger partial charge >= 0.3 is 0 Å². The number of carbonyl (C=O) groups is 1. The summed E-state index contributed by atoms with van der Waals surface area (Å²) in [6.45, 7) is 1.42. The molecule has 2 atom stereocenters. The van der Waals surface area contributed by atoms with Crippen LogP contribution in [0.1, 0.15) is 50.3 Å². The number of nitrogens with one attached hydrogen (secondary N) is 1. The second kappa shape index (κ2) is 8.53. The molecule has 28 heavy (non-hydrogen) atoms. The van der Waals surface area contributed by atoms with E-state index in [1.54, 1.807) is 13.3 Å². The Hall–Kier alpha value is -2.06. The second-order valence-electron chi connectivity index (χ2n) is 7.67. The molecule has 1 aliphatic carbocycles. The monoisotopic (exact) mass is 402 g/mol. The van der Waals surface area contributed by atoms with Crippen LogP contribution in [0.25, 0.3) is 10.7 Å². The van der Waals surface area contributed by atoms with Crippen LogP contribution in [0.15, 0.2) is 22.4 Å². The molecule has 7 nitrogen and oxygen atoms in total. The summed E-state index contributed by atoms with van der Waals surface area (Å²) in [5.74, 6) is 1.22. The minimum absolute atomic E-state index is 0.0846. The summed E-state index contributed by atoms with van der Waals surface area (Å²) >= 11 is 1.47. The molecule has 8 heteroatoms. The number of aromatic amines is 1. The van der Waals surface area contributed by atoms with Gasteiger partial charge in [-0.1, -0.05) is 6.42 Å². The molecule has 1 saturated heterocycles. The lowest BCUT2D eigenvalue weighted by Crippen LogP contribution is -2.43. The molecule has 2 fully saturated rings. The molecule has 0 spiro atoms. The SMILES string of the molecule is CO[C@@H]1CCC[C@H](C(=O)N2CCC(c3nc(-c4nccs4)cc(=O)[nH]3)CC2)C1. The topological polar surface area (TPSA) is 88.2 Å². The van der Waals surface area contributed by atoms with Crippen LogP contribution in [-0.4, -0.2) is 52.1 Å². The van der Waals surface area contributed by atoms with Crippen molar-refractivity contribution in [3.8, 4) is 10.7 Å². The molecule has 4 rings (SSSR count). The number of piperidine rings is 1. The summed E-state index contributed by atoms with van der Waals surface area (Å²) in [4.78, 5) is 38.8. The number of amides is 1. The minimum Gasteiger partial charge on any atom is -0.381 e. The molecule has 2 aliphatic rings. The van der Waals surface area contributed by atoms with E-state index in [1.807, 2.05) is 10.3 Å². The van der Waals surface area contributed by atoms with Gasteiger partial charge in [0.2, 0.25) is 5.91 Å². The van der Waals surface area contributed by atoms with Crippen molar-refractivity contribution in [1.29, 1.82) is 0 Å². The fourth-order valence-electron chi connectivity index (χ4n) is 4.34. The maximum absolute atomic E-state index is 12.9. The van der Waals surface area contributed by atoms with E-state index in [2.05, 4.69) is 15.0 Å². The van der Waals surface area contributed by atoms with Crippen LogP contribution in [0.5, 0.6) is 0 Å². The van der Waals surface area contributed by atoms with Crippen molar-refractivity contribution in [1.82, 2.24) is 19.9 Å². The Labute approximate surface area is 168 Å². The number of thiazole rings is 1. The van der Waals surface area contributed by atoms with Gasteiger partial charge in [-0.2, -0.15) is 0 Å². The lowest BCUT2D eigenvalue weighted by atomic mass is 9.85. The number of ether oxygens (including phenoxy) is 1. The van der Waals surface area contributed by atoms with E-state index in [0.29, 0.717) is 24.6 Å². The predicted octanol–water partition coefficient (Wildman–Crippen LogP) is 2.80. The first kappa shape index (κ1) is 19.3. The number of rotatable bonds is 4. The summed E-state index contributed by atoms with van der Waals surface area (Å²) in [5, 5.41) is 2.63. The van der Waals surface area contributed by atoms with Crippen LogP contribution in [0.4, 0.5) is 0 Å². The van der Waals surface area contributed by atoms with Crippen molar-refractivity contribution in [2.24, 2.45) is 5.92 Å². The van der Waals surface area contributed by atoms with Crippen LogP contribution in [-0.2, 0) is 9.53 Å². The fraction of sp³-hybridized carbons (Fsp3) is 0.600. The first-order valence-corrected chi connectivity index (χ1v) is 10.8. The molecule has 1 amide bonds. The van der Waals surface area contributed by atoms with Crippen LogP contribution in [0.3, 0.4) is 0 Å². The summed E-state index contributed by atoms with van der Waals surface area (Å²) < 4.78 is 5.47. The molecular formula is C20H26N4O3S. The van der Waals surface area contributed by atoms with Crippen molar-refractivity contribution in [2.75, 3.05) is 20.2 Å².